The van der Waals surface area contributed by atoms with Crippen LogP contribution in [0.15, 0.2) is 0 Å². The second kappa shape index (κ2) is 3.96. The Labute approximate surface area is 118 Å². The minimum Gasteiger partial charge on any atom is -0.432 e. The molecule has 5 rings (SSSR count). The van der Waals surface area contributed by atoms with Crippen LogP contribution in [0.25, 0.3) is 0 Å². The van der Waals surface area contributed by atoms with Crippen LogP contribution in [0.1, 0.15) is 46.5 Å². The molecule has 112 valence electrons. The van der Waals surface area contributed by atoms with Gasteiger partial charge in [-0.25, -0.2) is 9.78 Å². The van der Waals surface area contributed by atoms with Gasteiger partial charge in [-0.15, -0.1) is 0 Å². The summed E-state index contributed by atoms with van der Waals surface area (Å²) in [6, 6.07) is 0. The maximum Gasteiger partial charge on any atom is 0.311 e. The maximum atomic E-state index is 12.1. The van der Waals surface area contributed by atoms with Gasteiger partial charge in [-0.2, -0.15) is 0 Å². The highest BCUT2D eigenvalue weighted by molar-refractivity contribution is 5.74. The number of ether oxygens (including phenoxy) is 2. The van der Waals surface area contributed by atoms with Crippen molar-refractivity contribution in [2.24, 2.45) is 23.7 Å². The van der Waals surface area contributed by atoms with Crippen LogP contribution in [-0.4, -0.2) is 23.6 Å². The third-order valence-corrected chi connectivity index (χ3v) is 5.97. The zero-order chi connectivity index (χ0) is 14.1. The molecule has 0 aromatic rings. The Bertz CT molecular complexity index is 452. The third-order valence-electron chi connectivity index (χ3n) is 5.97. The van der Waals surface area contributed by atoms with Gasteiger partial charge in [-0.1, -0.05) is 13.8 Å². The van der Waals surface area contributed by atoms with Crippen LogP contribution in [0.5, 0.6) is 0 Å². The SMILES string of the molecule is C[C@@H]1C(=O)O[C@H]2O[C@]3(C)CC[C@H]4[C@@H](C)CC[C@H]1[C@]24OO3. The van der Waals surface area contributed by atoms with Crippen LogP contribution < -0.4 is 0 Å². The quantitative estimate of drug-likeness (QED) is 0.504. The standard InChI is InChI=1S/C15H22O5/c1-8-4-5-11-9(2)12(16)17-13-15(11)10(8)6-7-14(3,18-13)19-20-15/h8-11,13H,4-7H2,1-3H3/t8-,9-,10-,11+,13-,14-,15-/m0/s1. The zero-order valence-corrected chi connectivity index (χ0v) is 12.3. The monoisotopic (exact) mass is 282 g/mol. The van der Waals surface area contributed by atoms with Gasteiger partial charge >= 0.3 is 5.97 Å². The molecule has 5 aliphatic rings. The molecule has 0 unspecified atom stereocenters. The first-order valence-electron chi connectivity index (χ1n) is 7.71. The smallest absolute Gasteiger partial charge is 0.311 e. The van der Waals surface area contributed by atoms with Crippen molar-refractivity contribution >= 4 is 5.97 Å². The van der Waals surface area contributed by atoms with Gasteiger partial charge in [0, 0.05) is 18.3 Å². The van der Waals surface area contributed by atoms with E-state index in [9.17, 15) is 4.79 Å². The second-order valence-electron chi connectivity index (χ2n) is 7.14. The summed E-state index contributed by atoms with van der Waals surface area (Å²) >= 11 is 0. The van der Waals surface area contributed by atoms with Gasteiger partial charge in [0.05, 0.1) is 5.92 Å². The van der Waals surface area contributed by atoms with Crippen LogP contribution in [-0.2, 0) is 24.0 Å². The van der Waals surface area contributed by atoms with Gasteiger partial charge in [0.1, 0.15) is 0 Å². The van der Waals surface area contributed by atoms with Crippen LogP contribution in [0, 0.1) is 23.7 Å². The first-order valence-corrected chi connectivity index (χ1v) is 7.71. The van der Waals surface area contributed by atoms with Gasteiger partial charge in [0.25, 0.3) is 0 Å². The zero-order valence-electron chi connectivity index (χ0n) is 12.3. The number of hydrogen-bond donors (Lipinski definition) is 0. The summed E-state index contributed by atoms with van der Waals surface area (Å²) < 4.78 is 11.6. The van der Waals surface area contributed by atoms with Crippen LogP contribution in [0.2, 0.25) is 0 Å². The number of hydrogen-bond acceptors (Lipinski definition) is 5. The summed E-state index contributed by atoms with van der Waals surface area (Å²) in [4.78, 5) is 23.7. The van der Waals surface area contributed by atoms with Crippen LogP contribution >= 0.6 is 0 Å². The molecular formula is C15H22O5. The molecule has 0 aromatic carbocycles. The van der Waals surface area contributed by atoms with Crippen molar-refractivity contribution in [3.8, 4) is 0 Å². The van der Waals surface area contributed by atoms with Crippen molar-refractivity contribution in [3.05, 3.63) is 0 Å². The van der Waals surface area contributed by atoms with Crippen LogP contribution in [0.4, 0.5) is 0 Å². The summed E-state index contributed by atoms with van der Waals surface area (Å²) in [5.74, 6) is -0.137. The van der Waals surface area contributed by atoms with E-state index in [1.54, 1.807) is 0 Å². The van der Waals surface area contributed by atoms with Crippen molar-refractivity contribution in [1.82, 2.24) is 0 Å². The number of carbonyl (C=O) groups is 1. The molecule has 0 radical (unpaired) electrons. The topological polar surface area (TPSA) is 54.0 Å². The van der Waals surface area contributed by atoms with Crippen molar-refractivity contribution in [3.63, 3.8) is 0 Å². The predicted octanol–water partition coefficient (Wildman–Crippen LogP) is 2.39. The normalized spacial score (nSPS) is 57.8. The molecule has 20 heavy (non-hydrogen) atoms. The molecule has 1 saturated carbocycles. The molecule has 5 fully saturated rings. The molecular weight excluding hydrogens is 260 g/mol. The Kier molecular flexibility index (Phi) is 2.58. The Hall–Kier alpha value is -0.650. The lowest BCUT2D eigenvalue weighted by atomic mass is 9.58. The van der Waals surface area contributed by atoms with Crippen molar-refractivity contribution < 1.29 is 24.0 Å². The van der Waals surface area contributed by atoms with E-state index in [1.165, 1.54) is 0 Å². The molecule has 1 spiro atoms. The number of fused-ring (bicyclic) bond motifs is 2. The highest BCUT2D eigenvalue weighted by Gasteiger charge is 2.69. The van der Waals surface area contributed by atoms with Gasteiger partial charge in [0.15, 0.2) is 5.60 Å². The van der Waals surface area contributed by atoms with Crippen LogP contribution in [0.3, 0.4) is 0 Å². The first kappa shape index (κ1) is 13.0. The minimum atomic E-state index is -0.793. The highest BCUT2D eigenvalue weighted by atomic mass is 17.3. The molecule has 5 nitrogen and oxygen atoms in total. The molecule has 1 aliphatic carbocycles. The first-order chi connectivity index (χ1) is 9.46. The lowest BCUT2D eigenvalue weighted by molar-refractivity contribution is -0.559. The summed E-state index contributed by atoms with van der Waals surface area (Å²) in [6.07, 6.45) is 3.24. The minimum absolute atomic E-state index is 0.123. The van der Waals surface area contributed by atoms with Gasteiger partial charge in [-0.05, 0) is 32.1 Å². The van der Waals surface area contributed by atoms with Gasteiger partial charge in [0.2, 0.25) is 12.1 Å². The van der Waals surface area contributed by atoms with E-state index in [0.29, 0.717) is 11.8 Å². The summed E-state index contributed by atoms with van der Waals surface area (Å²) in [7, 11) is 0. The molecule has 4 aliphatic heterocycles. The van der Waals surface area contributed by atoms with Crippen molar-refractivity contribution in [2.45, 2.75) is 64.1 Å². The molecule has 7 atom stereocenters. The number of rotatable bonds is 0. The van der Waals surface area contributed by atoms with E-state index in [4.69, 9.17) is 19.2 Å². The predicted molar refractivity (Wildman–Crippen MR) is 68.0 cm³/mol. The van der Waals surface area contributed by atoms with E-state index in [0.717, 1.165) is 25.7 Å². The highest BCUT2D eigenvalue weighted by Crippen LogP contribution is 2.59. The molecule has 0 amide bonds. The van der Waals surface area contributed by atoms with E-state index in [1.807, 2.05) is 13.8 Å². The Balaban J connectivity index is 1.84. The van der Waals surface area contributed by atoms with Gasteiger partial charge in [-0.3, -0.25) is 4.79 Å². The molecule has 4 heterocycles. The lowest BCUT2D eigenvalue weighted by Crippen LogP contribution is -2.69. The summed E-state index contributed by atoms with van der Waals surface area (Å²) in [5.41, 5.74) is -0.610. The van der Waals surface area contributed by atoms with E-state index in [2.05, 4.69) is 6.92 Å². The van der Waals surface area contributed by atoms with E-state index >= 15 is 0 Å². The molecule has 2 bridgehead atoms. The lowest BCUT2D eigenvalue weighted by Gasteiger charge is -2.57. The fourth-order valence-corrected chi connectivity index (χ4v) is 4.76. The van der Waals surface area contributed by atoms with Gasteiger partial charge < -0.3 is 9.47 Å². The Morgan fingerprint density at radius 3 is 2.70 bits per heavy atom. The fourth-order valence-electron chi connectivity index (χ4n) is 4.76. The van der Waals surface area contributed by atoms with E-state index < -0.39 is 17.7 Å². The molecule has 5 heteroatoms. The fraction of sp³-hybridized carbons (Fsp3) is 0.933. The largest absolute Gasteiger partial charge is 0.432 e. The number of esters is 1. The van der Waals surface area contributed by atoms with Crippen molar-refractivity contribution in [2.75, 3.05) is 0 Å². The number of carbonyl (C=O) groups excluding carboxylic acids is 1. The third kappa shape index (κ3) is 1.46. The maximum absolute atomic E-state index is 12.1. The molecule has 0 N–H and O–H groups in total. The van der Waals surface area contributed by atoms with Crippen molar-refractivity contribution in [1.29, 1.82) is 0 Å². The molecule has 4 saturated heterocycles. The molecule has 0 aromatic heterocycles. The Morgan fingerprint density at radius 1 is 1.10 bits per heavy atom. The Morgan fingerprint density at radius 2 is 1.90 bits per heavy atom. The average molecular weight is 282 g/mol. The average Bonchev–Trinajstić information content (AvgIpc) is 2.63. The second-order valence-corrected chi connectivity index (χ2v) is 7.14. The van der Waals surface area contributed by atoms with E-state index in [-0.39, 0.29) is 17.8 Å². The summed E-state index contributed by atoms with van der Waals surface area (Å²) in [6.45, 7) is 6.06. The summed E-state index contributed by atoms with van der Waals surface area (Å²) in [5, 5.41) is 0.